The van der Waals surface area contributed by atoms with Gasteiger partial charge in [-0.05, 0) is 26.2 Å². The molecule has 0 radical (unpaired) electrons. The predicted molar refractivity (Wildman–Crippen MR) is 55.3 cm³/mol. The Morgan fingerprint density at radius 3 is 2.71 bits per heavy atom. The number of ether oxygens (including phenoxy) is 1. The fourth-order valence-corrected chi connectivity index (χ4v) is 1.59. The maximum atomic E-state index is 11.6. The lowest BCUT2D eigenvalue weighted by molar-refractivity contribution is 0.178. The van der Waals surface area contributed by atoms with E-state index in [1.54, 1.807) is 7.11 Å². The first-order valence-electron chi connectivity index (χ1n) is 5.28. The van der Waals surface area contributed by atoms with Crippen molar-refractivity contribution in [2.24, 2.45) is 0 Å². The summed E-state index contributed by atoms with van der Waals surface area (Å²) in [5.41, 5.74) is 0. The highest BCUT2D eigenvalue weighted by atomic mass is 16.5. The van der Waals surface area contributed by atoms with Crippen molar-refractivity contribution in [3.63, 3.8) is 0 Å². The fourth-order valence-electron chi connectivity index (χ4n) is 1.59. The molecule has 0 aromatic carbocycles. The number of hydrogen-bond acceptors (Lipinski definition) is 2. The molecule has 1 aliphatic rings. The van der Waals surface area contributed by atoms with Crippen LogP contribution in [0.25, 0.3) is 0 Å². The average Bonchev–Trinajstić information content (AvgIpc) is 2.67. The second-order valence-corrected chi connectivity index (χ2v) is 3.83. The Morgan fingerprint density at radius 2 is 2.14 bits per heavy atom. The van der Waals surface area contributed by atoms with Crippen molar-refractivity contribution >= 4 is 6.03 Å². The SMILES string of the molecule is COCCC(C)NC(=O)N1CCCC1. The molecule has 1 N–H and O–H groups in total. The fraction of sp³-hybridized carbons (Fsp3) is 0.900. The van der Waals surface area contributed by atoms with Crippen LogP contribution >= 0.6 is 0 Å². The lowest BCUT2D eigenvalue weighted by atomic mass is 10.2. The highest BCUT2D eigenvalue weighted by Crippen LogP contribution is 2.07. The summed E-state index contributed by atoms with van der Waals surface area (Å²) >= 11 is 0. The van der Waals surface area contributed by atoms with Gasteiger partial charge in [-0.3, -0.25) is 0 Å². The van der Waals surface area contributed by atoms with Gasteiger partial charge in [-0.1, -0.05) is 0 Å². The normalized spacial score (nSPS) is 18.3. The van der Waals surface area contributed by atoms with Gasteiger partial charge >= 0.3 is 6.03 Å². The Labute approximate surface area is 85.6 Å². The third-order valence-corrected chi connectivity index (χ3v) is 2.52. The van der Waals surface area contributed by atoms with Crippen molar-refractivity contribution < 1.29 is 9.53 Å². The van der Waals surface area contributed by atoms with Crippen LogP contribution in [0.2, 0.25) is 0 Å². The minimum absolute atomic E-state index is 0.0751. The summed E-state index contributed by atoms with van der Waals surface area (Å²) in [6.07, 6.45) is 3.15. The molecule has 0 aromatic heterocycles. The molecule has 4 heteroatoms. The molecule has 4 nitrogen and oxygen atoms in total. The molecular weight excluding hydrogens is 180 g/mol. The van der Waals surface area contributed by atoms with E-state index in [1.807, 2.05) is 11.8 Å². The van der Waals surface area contributed by atoms with E-state index in [0.29, 0.717) is 6.61 Å². The maximum Gasteiger partial charge on any atom is 0.317 e. The number of nitrogens with one attached hydrogen (secondary N) is 1. The molecule has 1 aliphatic heterocycles. The van der Waals surface area contributed by atoms with Gasteiger partial charge in [0.2, 0.25) is 0 Å². The zero-order valence-corrected chi connectivity index (χ0v) is 9.08. The Bertz CT molecular complexity index is 179. The van der Waals surface area contributed by atoms with Gasteiger partial charge in [0, 0.05) is 32.8 Å². The molecule has 0 aromatic rings. The van der Waals surface area contributed by atoms with Gasteiger partial charge in [-0.2, -0.15) is 0 Å². The second kappa shape index (κ2) is 5.86. The summed E-state index contributed by atoms with van der Waals surface area (Å²) in [5.74, 6) is 0. The molecule has 1 saturated heterocycles. The van der Waals surface area contributed by atoms with Crippen molar-refractivity contribution in [3.05, 3.63) is 0 Å². The minimum atomic E-state index is 0.0751. The number of methoxy groups -OCH3 is 1. The van der Waals surface area contributed by atoms with Crippen LogP contribution in [0.1, 0.15) is 26.2 Å². The zero-order valence-electron chi connectivity index (χ0n) is 9.08. The Kier molecular flexibility index (Phi) is 4.73. The number of urea groups is 1. The van der Waals surface area contributed by atoms with Crippen LogP contribution in [0.3, 0.4) is 0 Å². The smallest absolute Gasteiger partial charge is 0.317 e. The number of rotatable bonds is 4. The summed E-state index contributed by atoms with van der Waals surface area (Å²) < 4.78 is 4.95. The van der Waals surface area contributed by atoms with Crippen LogP contribution in [-0.4, -0.2) is 43.8 Å². The quantitative estimate of drug-likeness (QED) is 0.741. The van der Waals surface area contributed by atoms with Gasteiger partial charge in [-0.15, -0.1) is 0 Å². The minimum Gasteiger partial charge on any atom is -0.385 e. The summed E-state index contributed by atoms with van der Waals surface area (Å²) in [4.78, 5) is 13.5. The summed E-state index contributed by atoms with van der Waals surface area (Å²) in [7, 11) is 1.68. The van der Waals surface area contributed by atoms with Gasteiger partial charge in [-0.25, -0.2) is 4.79 Å². The first kappa shape index (κ1) is 11.3. The van der Waals surface area contributed by atoms with Crippen LogP contribution in [0.4, 0.5) is 4.79 Å². The third kappa shape index (κ3) is 3.54. The third-order valence-electron chi connectivity index (χ3n) is 2.52. The van der Waals surface area contributed by atoms with Crippen molar-refractivity contribution in [3.8, 4) is 0 Å². The molecule has 0 aliphatic carbocycles. The van der Waals surface area contributed by atoms with Gasteiger partial charge in [0.15, 0.2) is 0 Å². The first-order chi connectivity index (χ1) is 6.74. The molecule has 1 heterocycles. The van der Waals surface area contributed by atoms with Gasteiger partial charge in [0.1, 0.15) is 0 Å². The predicted octanol–water partition coefficient (Wildman–Crippen LogP) is 1.22. The van der Waals surface area contributed by atoms with Gasteiger partial charge in [0.05, 0.1) is 0 Å². The van der Waals surface area contributed by atoms with Crippen molar-refractivity contribution in [1.29, 1.82) is 0 Å². The number of hydrogen-bond donors (Lipinski definition) is 1. The summed E-state index contributed by atoms with van der Waals surface area (Å²) in [6.45, 7) is 4.51. The molecule has 0 saturated carbocycles. The van der Waals surface area contributed by atoms with Gasteiger partial charge in [0.25, 0.3) is 0 Å². The molecule has 0 spiro atoms. The van der Waals surface area contributed by atoms with Crippen LogP contribution in [0, 0.1) is 0 Å². The molecule has 14 heavy (non-hydrogen) atoms. The van der Waals surface area contributed by atoms with E-state index in [0.717, 1.165) is 32.4 Å². The highest BCUT2D eigenvalue weighted by molar-refractivity contribution is 5.74. The lowest BCUT2D eigenvalue weighted by Crippen LogP contribution is -2.42. The van der Waals surface area contributed by atoms with Crippen LogP contribution < -0.4 is 5.32 Å². The van der Waals surface area contributed by atoms with E-state index in [4.69, 9.17) is 4.74 Å². The second-order valence-electron chi connectivity index (χ2n) is 3.83. The molecule has 1 atom stereocenters. The number of carbonyl (C=O) groups excluding carboxylic acids is 1. The van der Waals surface area contributed by atoms with E-state index in [9.17, 15) is 4.79 Å². The molecular formula is C10H20N2O2. The van der Waals surface area contributed by atoms with Crippen molar-refractivity contribution in [1.82, 2.24) is 10.2 Å². The Balaban J connectivity index is 2.18. The number of amides is 2. The van der Waals surface area contributed by atoms with Crippen molar-refractivity contribution in [2.75, 3.05) is 26.8 Å². The molecule has 1 unspecified atom stereocenters. The molecule has 82 valence electrons. The average molecular weight is 200 g/mol. The maximum absolute atomic E-state index is 11.6. The Hall–Kier alpha value is -0.770. The van der Waals surface area contributed by atoms with Crippen LogP contribution in [0.15, 0.2) is 0 Å². The molecule has 1 rings (SSSR count). The van der Waals surface area contributed by atoms with Crippen LogP contribution in [-0.2, 0) is 4.74 Å². The largest absolute Gasteiger partial charge is 0.385 e. The standard InChI is InChI=1S/C10H20N2O2/c1-9(5-8-14-2)11-10(13)12-6-3-4-7-12/h9H,3-8H2,1-2H3,(H,11,13). The van der Waals surface area contributed by atoms with E-state index in [2.05, 4.69) is 5.32 Å². The zero-order chi connectivity index (χ0) is 10.4. The van der Waals surface area contributed by atoms with E-state index < -0.39 is 0 Å². The van der Waals surface area contributed by atoms with Crippen molar-refractivity contribution in [2.45, 2.75) is 32.2 Å². The number of nitrogens with zero attached hydrogens (tertiary/aromatic N) is 1. The number of carbonyl (C=O) groups is 1. The Morgan fingerprint density at radius 1 is 1.50 bits per heavy atom. The van der Waals surface area contributed by atoms with E-state index >= 15 is 0 Å². The lowest BCUT2D eigenvalue weighted by Gasteiger charge is -2.20. The van der Waals surface area contributed by atoms with Crippen LogP contribution in [0.5, 0.6) is 0 Å². The van der Waals surface area contributed by atoms with E-state index in [1.165, 1.54) is 0 Å². The molecule has 0 bridgehead atoms. The molecule has 2 amide bonds. The summed E-state index contributed by atoms with van der Waals surface area (Å²) in [6, 6.07) is 0.272. The molecule has 1 fully saturated rings. The van der Waals surface area contributed by atoms with E-state index in [-0.39, 0.29) is 12.1 Å². The monoisotopic (exact) mass is 200 g/mol. The van der Waals surface area contributed by atoms with Gasteiger partial charge < -0.3 is 15.0 Å². The highest BCUT2D eigenvalue weighted by Gasteiger charge is 2.18. The number of likely N-dealkylation sites (tertiary alicyclic amines) is 1. The first-order valence-corrected chi connectivity index (χ1v) is 5.28. The topological polar surface area (TPSA) is 41.6 Å². The summed E-state index contributed by atoms with van der Waals surface area (Å²) in [5, 5.41) is 2.96.